The number of esters is 1. The van der Waals surface area contributed by atoms with Crippen LogP contribution in [0.3, 0.4) is 0 Å². The highest BCUT2D eigenvalue weighted by molar-refractivity contribution is 7.07. The van der Waals surface area contributed by atoms with E-state index >= 15 is 0 Å². The number of hydrogen-bond acceptors (Lipinski definition) is 7. The maximum atomic E-state index is 12.6. The third-order valence-electron chi connectivity index (χ3n) is 6.70. The fourth-order valence-corrected chi connectivity index (χ4v) is 5.81. The van der Waals surface area contributed by atoms with E-state index in [1.54, 1.807) is 17.5 Å². The Hall–Kier alpha value is -2.48. The molecule has 1 atom stereocenters. The Morgan fingerprint density at radius 2 is 2.13 bits per heavy atom. The van der Waals surface area contributed by atoms with Gasteiger partial charge in [0.25, 0.3) is 0 Å². The molecule has 0 bridgehead atoms. The molecule has 1 spiro atoms. The average Bonchev–Trinajstić information content (AvgIpc) is 3.40. The molecule has 5 rings (SSSR count). The van der Waals surface area contributed by atoms with E-state index in [2.05, 4.69) is 56.7 Å². The van der Waals surface area contributed by atoms with E-state index < -0.39 is 11.5 Å². The van der Waals surface area contributed by atoms with Gasteiger partial charge in [0.05, 0.1) is 7.11 Å². The molecule has 0 amide bonds. The second kappa shape index (κ2) is 8.22. The number of aliphatic imine (C=N–C) groups is 1. The van der Waals surface area contributed by atoms with Gasteiger partial charge in [0.15, 0.2) is 5.71 Å². The van der Waals surface area contributed by atoms with Gasteiger partial charge >= 0.3 is 5.97 Å². The number of rotatable bonds is 5. The Kier molecular flexibility index (Phi) is 5.42. The van der Waals surface area contributed by atoms with Crippen molar-refractivity contribution in [2.24, 2.45) is 10.7 Å². The van der Waals surface area contributed by atoms with Crippen LogP contribution in [0.4, 0.5) is 0 Å². The molecule has 0 aromatic carbocycles. The summed E-state index contributed by atoms with van der Waals surface area (Å²) >= 11 is 1.72. The van der Waals surface area contributed by atoms with Crippen molar-refractivity contribution in [2.45, 2.75) is 56.1 Å². The van der Waals surface area contributed by atoms with Crippen molar-refractivity contribution in [1.29, 1.82) is 0 Å². The highest BCUT2D eigenvalue weighted by Gasteiger charge is 2.51. The first-order chi connectivity index (χ1) is 15.1. The monoisotopic (exact) mass is 436 g/mol. The first kappa shape index (κ1) is 20.4. The Balaban J connectivity index is 1.52. The normalized spacial score (nSPS) is 29.4. The minimum atomic E-state index is -0.575. The molecule has 3 heterocycles. The maximum absolute atomic E-state index is 12.6. The van der Waals surface area contributed by atoms with Gasteiger partial charge in [0.1, 0.15) is 5.54 Å². The van der Waals surface area contributed by atoms with Crippen molar-refractivity contribution >= 4 is 23.0 Å². The van der Waals surface area contributed by atoms with Crippen LogP contribution in [0.5, 0.6) is 0 Å². The zero-order valence-corrected chi connectivity index (χ0v) is 18.5. The predicted octanol–water partition coefficient (Wildman–Crippen LogP) is 3.40. The lowest BCUT2D eigenvalue weighted by atomic mass is 9.73. The van der Waals surface area contributed by atoms with Crippen LogP contribution in [-0.4, -0.2) is 41.4 Å². The molecule has 1 aromatic heterocycles. The van der Waals surface area contributed by atoms with E-state index in [4.69, 9.17) is 10.5 Å². The third-order valence-corrected chi connectivity index (χ3v) is 7.43. The molecular weight excluding hydrogens is 408 g/mol. The van der Waals surface area contributed by atoms with Gasteiger partial charge < -0.3 is 10.5 Å². The van der Waals surface area contributed by atoms with E-state index in [1.165, 1.54) is 23.8 Å². The summed E-state index contributed by atoms with van der Waals surface area (Å²) in [5, 5.41) is 6.52. The highest BCUT2D eigenvalue weighted by atomic mass is 32.1. The lowest BCUT2D eigenvalue weighted by molar-refractivity contribution is -0.132. The van der Waals surface area contributed by atoms with Gasteiger partial charge in [-0.15, -0.1) is 0 Å². The molecule has 2 aliphatic heterocycles. The van der Waals surface area contributed by atoms with E-state index in [0.717, 1.165) is 44.1 Å². The fourth-order valence-electron chi connectivity index (χ4n) is 5.14. The van der Waals surface area contributed by atoms with E-state index in [-0.39, 0.29) is 0 Å². The van der Waals surface area contributed by atoms with Crippen LogP contribution in [0.1, 0.15) is 37.7 Å². The SMILES string of the molecule is COC(=O)C1=NC=CC23C(=CCC=C12)C(Cc1ccsc1)=CN3NC1CCC(N)CC1. The van der Waals surface area contributed by atoms with E-state index in [0.29, 0.717) is 17.8 Å². The molecule has 7 heteroatoms. The summed E-state index contributed by atoms with van der Waals surface area (Å²) in [7, 11) is 1.41. The number of hydrazine groups is 1. The number of allylic oxidation sites excluding steroid dienone is 2. The molecule has 4 aliphatic rings. The van der Waals surface area contributed by atoms with Crippen molar-refractivity contribution in [2.75, 3.05) is 7.11 Å². The van der Waals surface area contributed by atoms with Crippen LogP contribution in [0.15, 0.2) is 69.2 Å². The lowest BCUT2D eigenvalue weighted by Crippen LogP contribution is -2.57. The topological polar surface area (TPSA) is 80.0 Å². The second-order valence-corrected chi connectivity index (χ2v) is 9.38. The summed E-state index contributed by atoms with van der Waals surface area (Å²) in [6.07, 6.45) is 16.2. The molecule has 31 heavy (non-hydrogen) atoms. The van der Waals surface area contributed by atoms with Gasteiger partial charge in [0, 0.05) is 36.5 Å². The quantitative estimate of drug-likeness (QED) is 0.692. The number of thiophene rings is 1. The van der Waals surface area contributed by atoms with Crippen LogP contribution < -0.4 is 11.2 Å². The summed E-state index contributed by atoms with van der Waals surface area (Å²) in [6.45, 7) is 0. The first-order valence-corrected chi connectivity index (χ1v) is 11.8. The molecule has 3 N–H and O–H groups in total. The number of carbonyl (C=O) groups is 1. The molecule has 1 fully saturated rings. The number of ether oxygens (including phenoxy) is 1. The second-order valence-electron chi connectivity index (χ2n) is 8.60. The molecule has 1 saturated carbocycles. The zero-order chi connectivity index (χ0) is 21.4. The van der Waals surface area contributed by atoms with Gasteiger partial charge in [-0.1, -0.05) is 12.2 Å². The van der Waals surface area contributed by atoms with E-state index in [9.17, 15) is 4.79 Å². The molecule has 2 aliphatic carbocycles. The summed E-state index contributed by atoms with van der Waals surface area (Å²) < 4.78 is 5.06. The Morgan fingerprint density at radius 3 is 2.87 bits per heavy atom. The fraction of sp³-hybridized carbons (Fsp3) is 0.417. The number of hydrogen-bond donors (Lipinski definition) is 2. The van der Waals surface area contributed by atoms with Crippen LogP contribution in [0.2, 0.25) is 0 Å². The van der Waals surface area contributed by atoms with Crippen LogP contribution in [-0.2, 0) is 16.0 Å². The Morgan fingerprint density at radius 1 is 1.32 bits per heavy atom. The average molecular weight is 437 g/mol. The van der Waals surface area contributed by atoms with Crippen LogP contribution in [0.25, 0.3) is 0 Å². The number of nitrogens with two attached hydrogens (primary N) is 1. The zero-order valence-electron chi connectivity index (χ0n) is 17.7. The molecule has 0 radical (unpaired) electrons. The molecule has 162 valence electrons. The van der Waals surface area contributed by atoms with Crippen molar-refractivity contribution in [1.82, 2.24) is 10.4 Å². The van der Waals surface area contributed by atoms with Crippen molar-refractivity contribution in [3.8, 4) is 0 Å². The molecule has 6 nitrogen and oxygen atoms in total. The van der Waals surface area contributed by atoms with Gasteiger partial charge in [0.2, 0.25) is 0 Å². The van der Waals surface area contributed by atoms with Crippen molar-refractivity contribution in [3.63, 3.8) is 0 Å². The maximum Gasteiger partial charge on any atom is 0.357 e. The van der Waals surface area contributed by atoms with Gasteiger partial charge in [-0.05, 0) is 71.7 Å². The number of nitrogens with one attached hydrogen (secondary N) is 1. The number of carbonyl (C=O) groups excluding carboxylic acids is 1. The number of nitrogens with zero attached hydrogens (tertiary/aromatic N) is 2. The molecule has 1 aromatic rings. The minimum Gasteiger partial charge on any atom is -0.464 e. The summed E-state index contributed by atoms with van der Waals surface area (Å²) in [6, 6.07) is 2.83. The minimum absolute atomic E-state index is 0.299. The van der Waals surface area contributed by atoms with Crippen LogP contribution >= 0.6 is 11.3 Å². The highest BCUT2D eigenvalue weighted by Crippen LogP contribution is 2.48. The van der Waals surface area contributed by atoms with Crippen LogP contribution in [0, 0.1) is 0 Å². The summed E-state index contributed by atoms with van der Waals surface area (Å²) in [4.78, 5) is 17.0. The van der Waals surface area contributed by atoms with E-state index in [1.807, 2.05) is 0 Å². The third kappa shape index (κ3) is 3.50. The van der Waals surface area contributed by atoms with Crippen molar-refractivity contribution in [3.05, 3.63) is 69.7 Å². The van der Waals surface area contributed by atoms with Gasteiger partial charge in [-0.25, -0.2) is 15.2 Å². The Labute approximate surface area is 186 Å². The van der Waals surface area contributed by atoms with Gasteiger partial charge in [-0.2, -0.15) is 11.3 Å². The first-order valence-electron chi connectivity index (χ1n) is 10.9. The molecule has 1 unspecified atom stereocenters. The summed E-state index contributed by atoms with van der Waals surface area (Å²) in [5.74, 6) is -0.397. The standard InChI is InChI=1S/C24H28N4O2S/c1-30-23(29)22-21-4-2-3-20-17(13-16-9-12-31-15-16)14-28(24(20,21)10-11-26-22)27-19-7-5-18(25)6-8-19/h3-4,9-12,14-15,18-19,27H,2,5-8,13,25H2,1H3. The summed E-state index contributed by atoms with van der Waals surface area (Å²) in [5.41, 5.74) is 14.4. The molecular formula is C24H28N4O2S. The largest absolute Gasteiger partial charge is 0.464 e. The molecule has 0 saturated heterocycles. The predicted molar refractivity (Wildman–Crippen MR) is 123 cm³/mol. The van der Waals surface area contributed by atoms with Crippen molar-refractivity contribution < 1.29 is 9.53 Å². The lowest BCUT2D eigenvalue weighted by Gasteiger charge is -2.45. The smallest absolute Gasteiger partial charge is 0.357 e. The number of methoxy groups -OCH3 is 1. The Bertz CT molecular complexity index is 1010. The van der Waals surface area contributed by atoms with Gasteiger partial charge in [-0.3, -0.25) is 5.01 Å².